The normalized spacial score (nSPS) is 11.8. The number of benzene rings is 1. The maximum Gasteiger partial charge on any atom is 0.299 e. The molecular weight excluding hydrogens is 294 g/mol. The molecule has 0 radical (unpaired) electrons. The van der Waals surface area contributed by atoms with Gasteiger partial charge < -0.3 is 5.73 Å². The van der Waals surface area contributed by atoms with Gasteiger partial charge in [0.05, 0.1) is 11.4 Å². The van der Waals surface area contributed by atoms with Crippen LogP contribution in [0.25, 0.3) is 0 Å². The van der Waals surface area contributed by atoms with Crippen molar-refractivity contribution in [1.29, 1.82) is 0 Å². The highest BCUT2D eigenvalue weighted by Crippen LogP contribution is 2.27. The van der Waals surface area contributed by atoms with Crippen LogP contribution in [0.2, 0.25) is 0 Å². The molecule has 1 aromatic carbocycles. The van der Waals surface area contributed by atoms with E-state index in [4.69, 9.17) is 5.73 Å². The molecule has 0 heterocycles. The van der Waals surface area contributed by atoms with E-state index in [1.54, 1.807) is 23.9 Å². The number of hydrogen-bond acceptors (Lipinski definition) is 4. The molecule has 0 amide bonds. The Morgan fingerprint density at radius 3 is 2.65 bits per heavy atom. The molecule has 0 aliphatic rings. The second-order valence-electron chi connectivity index (χ2n) is 4.95. The van der Waals surface area contributed by atoms with Gasteiger partial charge in [-0.25, -0.2) is 0 Å². The Morgan fingerprint density at radius 1 is 1.35 bits per heavy atom. The minimum absolute atomic E-state index is 0.246. The first-order valence-electron chi connectivity index (χ1n) is 6.63. The van der Waals surface area contributed by atoms with Gasteiger partial charge in [0, 0.05) is 11.4 Å². The van der Waals surface area contributed by atoms with Crippen molar-refractivity contribution in [2.75, 3.05) is 22.8 Å². The molecule has 0 bridgehead atoms. The van der Waals surface area contributed by atoms with Crippen molar-refractivity contribution in [3.05, 3.63) is 18.2 Å². The van der Waals surface area contributed by atoms with Crippen molar-refractivity contribution in [1.82, 2.24) is 4.72 Å². The average molecular weight is 317 g/mol. The maximum absolute atomic E-state index is 11.9. The molecule has 0 aromatic heterocycles. The molecule has 0 atom stereocenters. The molecule has 0 saturated carbocycles. The van der Waals surface area contributed by atoms with E-state index in [0.29, 0.717) is 17.9 Å². The van der Waals surface area contributed by atoms with E-state index in [0.717, 1.165) is 17.1 Å². The van der Waals surface area contributed by atoms with Crippen molar-refractivity contribution >= 4 is 33.3 Å². The van der Waals surface area contributed by atoms with E-state index in [1.165, 1.54) is 0 Å². The summed E-state index contributed by atoms with van der Waals surface area (Å²) in [5.74, 6) is 1.23. The van der Waals surface area contributed by atoms with Gasteiger partial charge in [0.15, 0.2) is 0 Å². The topological polar surface area (TPSA) is 84.2 Å². The van der Waals surface area contributed by atoms with E-state index >= 15 is 0 Å². The molecule has 0 fully saturated rings. The Kier molecular flexibility index (Phi) is 6.64. The van der Waals surface area contributed by atoms with Gasteiger partial charge in [-0.1, -0.05) is 20.8 Å². The zero-order chi connectivity index (χ0) is 15.2. The van der Waals surface area contributed by atoms with Crippen LogP contribution in [-0.2, 0) is 10.2 Å². The number of hydrogen-bond donors (Lipinski definition) is 3. The molecule has 1 aromatic rings. The molecule has 7 heteroatoms. The Morgan fingerprint density at radius 2 is 2.05 bits per heavy atom. The third-order valence-corrected chi connectivity index (χ3v) is 4.66. The molecule has 1 rings (SSSR count). The van der Waals surface area contributed by atoms with Crippen LogP contribution in [0.4, 0.5) is 11.4 Å². The quantitative estimate of drug-likeness (QED) is 0.508. The van der Waals surface area contributed by atoms with Crippen LogP contribution in [0.15, 0.2) is 23.1 Å². The predicted molar refractivity (Wildman–Crippen MR) is 87.3 cm³/mol. The summed E-state index contributed by atoms with van der Waals surface area (Å²) in [5.41, 5.74) is 6.65. The summed E-state index contributed by atoms with van der Waals surface area (Å²) in [4.78, 5) is 1.00. The number of thioether (sulfide) groups is 1. The van der Waals surface area contributed by atoms with E-state index < -0.39 is 10.2 Å². The van der Waals surface area contributed by atoms with Gasteiger partial charge in [-0.15, -0.1) is 11.8 Å². The highest BCUT2D eigenvalue weighted by Gasteiger charge is 2.12. The third kappa shape index (κ3) is 6.02. The summed E-state index contributed by atoms with van der Waals surface area (Å²) in [6.45, 7) is 6.38. The monoisotopic (exact) mass is 317 g/mol. The highest BCUT2D eigenvalue weighted by molar-refractivity contribution is 7.99. The first kappa shape index (κ1) is 17.1. The molecule has 0 aliphatic carbocycles. The molecule has 0 spiro atoms. The van der Waals surface area contributed by atoms with E-state index in [1.807, 2.05) is 19.9 Å². The lowest BCUT2D eigenvalue weighted by Crippen LogP contribution is -2.33. The van der Waals surface area contributed by atoms with E-state index in [9.17, 15) is 8.42 Å². The van der Waals surface area contributed by atoms with Gasteiger partial charge in [-0.2, -0.15) is 13.1 Å². The zero-order valence-corrected chi connectivity index (χ0v) is 13.8. The zero-order valence-electron chi connectivity index (χ0n) is 12.1. The summed E-state index contributed by atoms with van der Waals surface area (Å²) in [5, 5.41) is 0. The summed E-state index contributed by atoms with van der Waals surface area (Å²) in [6, 6.07) is 5.39. The van der Waals surface area contributed by atoms with Crippen LogP contribution in [-0.4, -0.2) is 20.7 Å². The third-order valence-electron chi connectivity index (χ3n) is 2.42. The lowest BCUT2D eigenvalue weighted by Gasteiger charge is -2.13. The first-order valence-corrected chi connectivity index (χ1v) is 9.10. The number of nitrogens with two attached hydrogens (primary N) is 1. The lowest BCUT2D eigenvalue weighted by atomic mass is 10.2. The first-order chi connectivity index (χ1) is 9.34. The van der Waals surface area contributed by atoms with Gasteiger partial charge in [-0.3, -0.25) is 4.72 Å². The standard InChI is InChI=1S/C13H23N3O2S2/c1-4-7-19-11-5-6-12(14)13(8-11)16-20(17,18)15-9-10(2)3/h5-6,8,10,15-16H,4,7,9,14H2,1-3H3. The molecule has 0 aliphatic heterocycles. The highest BCUT2D eigenvalue weighted by atomic mass is 32.2. The van der Waals surface area contributed by atoms with Crippen LogP contribution < -0.4 is 15.2 Å². The Hall–Kier alpha value is -0.920. The van der Waals surface area contributed by atoms with Gasteiger partial charge in [-0.05, 0) is 36.3 Å². The fourth-order valence-electron chi connectivity index (χ4n) is 1.39. The Balaban J connectivity index is 2.79. The second-order valence-corrected chi connectivity index (χ2v) is 7.61. The fraction of sp³-hybridized carbons (Fsp3) is 0.538. The van der Waals surface area contributed by atoms with Crippen LogP contribution in [0.5, 0.6) is 0 Å². The van der Waals surface area contributed by atoms with E-state index in [-0.39, 0.29) is 5.92 Å². The SMILES string of the molecule is CCCSc1ccc(N)c(NS(=O)(=O)NCC(C)C)c1. The smallest absolute Gasteiger partial charge is 0.299 e. The van der Waals surface area contributed by atoms with Crippen LogP contribution in [0, 0.1) is 5.92 Å². The number of nitrogen functional groups attached to an aromatic ring is 1. The molecule has 5 nitrogen and oxygen atoms in total. The van der Waals surface area contributed by atoms with Crippen molar-refractivity contribution in [2.45, 2.75) is 32.1 Å². The van der Waals surface area contributed by atoms with Gasteiger partial charge in [0.25, 0.3) is 10.2 Å². The minimum Gasteiger partial charge on any atom is -0.397 e. The molecular formula is C13H23N3O2S2. The summed E-state index contributed by atoms with van der Waals surface area (Å²) in [6.07, 6.45) is 1.06. The largest absolute Gasteiger partial charge is 0.397 e. The molecule has 0 saturated heterocycles. The van der Waals surface area contributed by atoms with Gasteiger partial charge in [0.2, 0.25) is 0 Å². The number of anilines is 2. The van der Waals surface area contributed by atoms with Crippen LogP contribution in [0.3, 0.4) is 0 Å². The summed E-state index contributed by atoms with van der Waals surface area (Å²) < 4.78 is 28.8. The van der Waals surface area contributed by atoms with Crippen molar-refractivity contribution < 1.29 is 8.42 Å². The Bertz CT molecular complexity index is 530. The maximum atomic E-state index is 11.9. The number of nitrogens with one attached hydrogen (secondary N) is 2. The van der Waals surface area contributed by atoms with Crippen molar-refractivity contribution in [3.63, 3.8) is 0 Å². The fourth-order valence-corrected chi connectivity index (χ4v) is 3.29. The lowest BCUT2D eigenvalue weighted by molar-refractivity contribution is 0.565. The molecule has 20 heavy (non-hydrogen) atoms. The van der Waals surface area contributed by atoms with Gasteiger partial charge in [0.1, 0.15) is 0 Å². The number of rotatable bonds is 8. The summed E-state index contributed by atoms with van der Waals surface area (Å²) >= 11 is 1.68. The molecule has 0 unspecified atom stereocenters. The minimum atomic E-state index is -3.58. The molecule has 4 N–H and O–H groups in total. The van der Waals surface area contributed by atoms with Crippen molar-refractivity contribution in [3.8, 4) is 0 Å². The van der Waals surface area contributed by atoms with Crippen LogP contribution in [0.1, 0.15) is 27.2 Å². The second kappa shape index (κ2) is 7.75. The predicted octanol–water partition coefficient (Wildman–Crippen LogP) is 2.67. The van der Waals surface area contributed by atoms with Crippen LogP contribution >= 0.6 is 11.8 Å². The average Bonchev–Trinajstić information content (AvgIpc) is 2.37. The summed E-state index contributed by atoms with van der Waals surface area (Å²) in [7, 11) is -3.58. The van der Waals surface area contributed by atoms with Crippen molar-refractivity contribution in [2.24, 2.45) is 5.92 Å². The molecule has 114 valence electrons. The van der Waals surface area contributed by atoms with Gasteiger partial charge >= 0.3 is 0 Å². The Labute approximate surface area is 125 Å². The van der Waals surface area contributed by atoms with E-state index in [2.05, 4.69) is 16.4 Å².